The molecule has 0 aliphatic carbocycles. The van der Waals surface area contributed by atoms with Crippen molar-refractivity contribution in [3.05, 3.63) is 54.1 Å². The van der Waals surface area contributed by atoms with Gasteiger partial charge in [0.2, 0.25) is 10.0 Å². The van der Waals surface area contributed by atoms with Crippen LogP contribution in [-0.2, 0) is 24.4 Å². The molecule has 0 saturated heterocycles. The molecule has 0 heterocycles. The maximum absolute atomic E-state index is 12.5. The number of sulfonamides is 1. The van der Waals surface area contributed by atoms with Crippen LogP contribution >= 0.6 is 0 Å². The van der Waals surface area contributed by atoms with Gasteiger partial charge in [-0.3, -0.25) is 9.59 Å². The van der Waals surface area contributed by atoms with Crippen LogP contribution in [0.4, 0.5) is 11.4 Å². The van der Waals surface area contributed by atoms with Crippen LogP contribution in [0.2, 0.25) is 0 Å². The number of nitrogens with one attached hydrogen (secondary N) is 2. The Morgan fingerprint density at radius 2 is 1.52 bits per heavy atom. The summed E-state index contributed by atoms with van der Waals surface area (Å²) in [6.45, 7) is 5.81. The van der Waals surface area contributed by atoms with Gasteiger partial charge in [-0.25, -0.2) is 8.42 Å². The highest BCUT2D eigenvalue weighted by Gasteiger charge is 2.21. The summed E-state index contributed by atoms with van der Waals surface area (Å²) in [5.41, 5.74) is 2.10. The minimum absolute atomic E-state index is 0.148. The van der Waals surface area contributed by atoms with Gasteiger partial charge in [0.25, 0.3) is 11.8 Å². The van der Waals surface area contributed by atoms with Crippen LogP contribution in [0.5, 0.6) is 0 Å². The minimum Gasteiger partial charge on any atom is -0.385 e. The Morgan fingerprint density at radius 1 is 0.968 bits per heavy atom. The van der Waals surface area contributed by atoms with E-state index in [0.717, 1.165) is 11.8 Å². The lowest BCUT2D eigenvalue weighted by molar-refractivity contribution is -0.120. The van der Waals surface area contributed by atoms with Gasteiger partial charge >= 0.3 is 0 Å². The second-order valence-corrected chi connectivity index (χ2v) is 8.46. The average molecular weight is 447 g/mol. The van der Waals surface area contributed by atoms with E-state index in [1.165, 1.54) is 28.6 Å². The first-order valence-corrected chi connectivity index (χ1v) is 11.1. The molecule has 2 aromatic carbocycles. The van der Waals surface area contributed by atoms with Crippen molar-refractivity contribution in [3.63, 3.8) is 0 Å². The van der Waals surface area contributed by atoms with E-state index in [0.29, 0.717) is 24.5 Å². The van der Waals surface area contributed by atoms with Crippen LogP contribution in [0, 0.1) is 6.92 Å². The van der Waals surface area contributed by atoms with Gasteiger partial charge < -0.3 is 15.5 Å². The van der Waals surface area contributed by atoms with E-state index >= 15 is 0 Å². The molecule has 31 heavy (non-hydrogen) atoms. The number of rotatable bonds is 10. The van der Waals surface area contributed by atoms with Crippen molar-refractivity contribution in [2.24, 2.45) is 5.16 Å². The Balaban J connectivity index is 1.81. The fraction of sp³-hybridized carbons (Fsp3) is 0.286. The molecule has 0 atom stereocenters. The molecule has 0 fully saturated rings. The standard InChI is InChI=1S/C21H26N4O5S/c1-4-25(5-2)31(28,29)19-12-10-18(11-13-19)24-21(27)15-30-22-14-20(26)23-17-8-6-16(3)7-9-17/h6-14H,4-5,15H2,1-3H3,(H,23,26)(H,24,27)/b22-14-. The largest absolute Gasteiger partial charge is 0.385 e. The molecule has 2 rings (SSSR count). The molecule has 0 unspecified atom stereocenters. The normalized spacial score (nSPS) is 11.5. The molecule has 2 N–H and O–H groups in total. The molecule has 0 aliphatic heterocycles. The Hall–Kier alpha value is -3.24. The van der Waals surface area contributed by atoms with Crippen LogP contribution in [0.15, 0.2) is 58.6 Å². The van der Waals surface area contributed by atoms with E-state index in [-0.39, 0.29) is 4.90 Å². The smallest absolute Gasteiger partial charge is 0.270 e. The number of hydrogen-bond acceptors (Lipinski definition) is 6. The third-order valence-corrected chi connectivity index (χ3v) is 6.30. The molecule has 2 aromatic rings. The van der Waals surface area contributed by atoms with Gasteiger partial charge in [0.1, 0.15) is 6.21 Å². The van der Waals surface area contributed by atoms with Crippen LogP contribution in [0.1, 0.15) is 19.4 Å². The Labute approximate surface area is 182 Å². The maximum atomic E-state index is 12.5. The van der Waals surface area contributed by atoms with Crippen LogP contribution in [0.3, 0.4) is 0 Å². The number of oxime groups is 1. The lowest BCUT2D eigenvalue weighted by atomic mass is 10.2. The molecule has 10 heteroatoms. The number of anilines is 2. The van der Waals surface area contributed by atoms with Crippen molar-refractivity contribution >= 4 is 39.4 Å². The molecular weight excluding hydrogens is 420 g/mol. The third-order valence-electron chi connectivity index (χ3n) is 4.24. The van der Waals surface area contributed by atoms with Gasteiger partial charge in [-0.05, 0) is 43.3 Å². The summed E-state index contributed by atoms with van der Waals surface area (Å²) in [5, 5.41) is 8.64. The molecule has 9 nitrogen and oxygen atoms in total. The minimum atomic E-state index is -3.56. The van der Waals surface area contributed by atoms with Gasteiger partial charge in [0, 0.05) is 24.5 Å². The van der Waals surface area contributed by atoms with Crippen molar-refractivity contribution in [1.29, 1.82) is 0 Å². The summed E-state index contributed by atoms with van der Waals surface area (Å²) >= 11 is 0. The van der Waals surface area contributed by atoms with E-state index in [9.17, 15) is 18.0 Å². The lowest BCUT2D eigenvalue weighted by Crippen LogP contribution is -2.30. The zero-order chi connectivity index (χ0) is 22.9. The number of benzene rings is 2. The summed E-state index contributed by atoms with van der Waals surface area (Å²) < 4.78 is 26.3. The number of hydrogen-bond donors (Lipinski definition) is 2. The average Bonchev–Trinajstić information content (AvgIpc) is 2.74. The fourth-order valence-electron chi connectivity index (χ4n) is 2.61. The Kier molecular flexibility index (Phi) is 8.71. The highest BCUT2D eigenvalue weighted by atomic mass is 32.2. The number of carbonyl (C=O) groups excluding carboxylic acids is 2. The topological polar surface area (TPSA) is 117 Å². The van der Waals surface area contributed by atoms with Crippen LogP contribution in [0.25, 0.3) is 0 Å². The number of amides is 2. The molecule has 0 aliphatic rings. The first-order valence-electron chi connectivity index (χ1n) is 9.69. The van der Waals surface area contributed by atoms with E-state index in [1.807, 2.05) is 19.1 Å². The summed E-state index contributed by atoms with van der Waals surface area (Å²) in [6, 6.07) is 13.1. The molecule has 2 amide bonds. The van der Waals surface area contributed by atoms with Gasteiger partial charge in [-0.15, -0.1) is 0 Å². The first-order chi connectivity index (χ1) is 14.8. The summed E-state index contributed by atoms with van der Waals surface area (Å²) in [5.74, 6) is -0.996. The SMILES string of the molecule is CCN(CC)S(=O)(=O)c1ccc(NC(=O)CO/N=C\C(=O)Nc2ccc(C)cc2)cc1. The molecule has 0 radical (unpaired) electrons. The molecule has 166 valence electrons. The van der Waals surface area contributed by atoms with Crippen molar-refractivity contribution in [2.75, 3.05) is 30.3 Å². The first kappa shape index (κ1) is 24.0. The van der Waals surface area contributed by atoms with Gasteiger partial charge in [0.15, 0.2) is 6.61 Å². The van der Waals surface area contributed by atoms with Crippen molar-refractivity contribution < 1.29 is 22.8 Å². The van der Waals surface area contributed by atoms with E-state index < -0.39 is 28.4 Å². The van der Waals surface area contributed by atoms with Crippen LogP contribution in [-0.4, -0.2) is 50.4 Å². The predicted molar refractivity (Wildman–Crippen MR) is 119 cm³/mol. The van der Waals surface area contributed by atoms with Crippen LogP contribution < -0.4 is 10.6 Å². The predicted octanol–water partition coefficient (Wildman–Crippen LogP) is 2.61. The summed E-state index contributed by atoms with van der Waals surface area (Å²) in [7, 11) is -3.56. The van der Waals surface area contributed by atoms with Crippen molar-refractivity contribution in [3.8, 4) is 0 Å². The zero-order valence-electron chi connectivity index (χ0n) is 17.7. The molecular formula is C21H26N4O5S. The lowest BCUT2D eigenvalue weighted by Gasteiger charge is -2.18. The number of nitrogens with zero attached hydrogens (tertiary/aromatic N) is 2. The van der Waals surface area contributed by atoms with Crippen molar-refractivity contribution in [2.45, 2.75) is 25.7 Å². The molecule has 0 aromatic heterocycles. The summed E-state index contributed by atoms with van der Waals surface area (Å²) in [4.78, 5) is 28.6. The molecule has 0 saturated carbocycles. The fourth-order valence-corrected chi connectivity index (χ4v) is 4.07. The molecule has 0 bridgehead atoms. The Bertz CT molecular complexity index is 1010. The van der Waals surface area contributed by atoms with Gasteiger partial charge in [-0.1, -0.05) is 36.7 Å². The highest BCUT2D eigenvalue weighted by Crippen LogP contribution is 2.18. The van der Waals surface area contributed by atoms with Crippen molar-refractivity contribution in [1.82, 2.24) is 4.31 Å². The quantitative estimate of drug-likeness (QED) is 0.430. The maximum Gasteiger partial charge on any atom is 0.270 e. The second-order valence-electron chi connectivity index (χ2n) is 6.53. The monoisotopic (exact) mass is 446 g/mol. The molecule has 0 spiro atoms. The van der Waals surface area contributed by atoms with E-state index in [2.05, 4.69) is 15.8 Å². The highest BCUT2D eigenvalue weighted by molar-refractivity contribution is 7.89. The van der Waals surface area contributed by atoms with E-state index in [1.54, 1.807) is 26.0 Å². The third kappa shape index (κ3) is 7.19. The number of carbonyl (C=O) groups is 2. The Morgan fingerprint density at radius 3 is 2.10 bits per heavy atom. The second kappa shape index (κ2) is 11.2. The van der Waals surface area contributed by atoms with E-state index in [4.69, 9.17) is 4.84 Å². The number of aryl methyl sites for hydroxylation is 1. The zero-order valence-corrected chi connectivity index (χ0v) is 18.5. The van der Waals surface area contributed by atoms with Gasteiger partial charge in [0.05, 0.1) is 4.90 Å². The van der Waals surface area contributed by atoms with Gasteiger partial charge in [-0.2, -0.15) is 4.31 Å². The summed E-state index contributed by atoms with van der Waals surface area (Å²) in [6.07, 6.45) is 0.931.